The van der Waals surface area contributed by atoms with Gasteiger partial charge < -0.3 is 0 Å². The van der Waals surface area contributed by atoms with Gasteiger partial charge in [-0.15, -0.1) is 0 Å². The summed E-state index contributed by atoms with van der Waals surface area (Å²) in [4.78, 5) is -0.786. The number of halogens is 9. The molecule has 0 bridgehead atoms. The molecule has 25 heavy (non-hydrogen) atoms. The molecule has 0 unspecified atom stereocenters. The molecule has 0 spiro atoms. The molecule has 0 atom stereocenters. The summed E-state index contributed by atoms with van der Waals surface area (Å²) in [6.45, 7) is 0. The standard InChI is InChI=1S/C5H6Cl2N2.C5H6F2N2.5HI.2V/c2*1-9-3-2-4(8-9)5(6)7;;;;;;;/h2*2-3,5H,1H3;5*1H;;/q;;;;;;;+2;+3/p-5. The van der Waals surface area contributed by atoms with Gasteiger partial charge in [0, 0.05) is 26.5 Å². The van der Waals surface area contributed by atoms with Gasteiger partial charge >= 0.3 is 114 Å². The molecule has 0 aliphatic rings. The summed E-state index contributed by atoms with van der Waals surface area (Å²) in [6, 6.07) is 3.08. The van der Waals surface area contributed by atoms with Gasteiger partial charge in [0.15, 0.2) is 4.84 Å². The van der Waals surface area contributed by atoms with Crippen LogP contribution in [0.2, 0.25) is 0 Å². The summed E-state index contributed by atoms with van der Waals surface area (Å²) in [6.07, 6.45) is 0.834. The Labute approximate surface area is 222 Å². The van der Waals surface area contributed by atoms with Crippen LogP contribution in [-0.2, 0) is 28.5 Å². The number of nitrogens with zero attached hydrogens (tertiary/aromatic N) is 4. The first-order valence-corrected chi connectivity index (χ1v) is 29.2. The molecular formula is C10H12Cl2F2I5N4V2. The molecule has 2 aromatic rings. The fraction of sp³-hybridized carbons (Fsp3) is 0.400. The van der Waals surface area contributed by atoms with E-state index in [1.165, 1.54) is 16.9 Å². The summed E-state index contributed by atoms with van der Waals surface area (Å²) in [5.41, 5.74) is 0.526. The van der Waals surface area contributed by atoms with Gasteiger partial charge in [-0.25, -0.2) is 8.78 Å². The molecule has 0 N–H and O–H groups in total. The van der Waals surface area contributed by atoms with E-state index in [0.29, 0.717) is 15.2 Å². The number of aryl methyl sites for hydroxylation is 2. The summed E-state index contributed by atoms with van der Waals surface area (Å²) in [5.74, 6) is 0. The van der Waals surface area contributed by atoms with Crippen molar-refractivity contribution in [2.75, 3.05) is 0 Å². The van der Waals surface area contributed by atoms with Gasteiger partial charge in [-0.3, -0.25) is 9.36 Å². The molecule has 0 saturated heterocycles. The Bertz CT molecular complexity index is 516. The van der Waals surface area contributed by atoms with Crippen LogP contribution in [0.3, 0.4) is 0 Å². The molecule has 15 heteroatoms. The second-order valence-electron chi connectivity index (χ2n) is 3.69. The van der Waals surface area contributed by atoms with Gasteiger partial charge in [0.2, 0.25) is 0 Å². The summed E-state index contributed by atoms with van der Waals surface area (Å²) in [7, 11) is 4.05. The average molecular weight is 1030 g/mol. The number of rotatable bonds is 2. The SMILES string of the molecule is Cn1ccc(C(Cl)Cl)n1.Cn1ccc(C(F)F)n1.[I][V]([I])[I].[I][V][I]. The Morgan fingerprint density at radius 2 is 1.32 bits per heavy atom. The predicted molar refractivity (Wildman–Crippen MR) is 136 cm³/mol. The van der Waals surface area contributed by atoms with Crippen LogP contribution in [0.4, 0.5) is 8.78 Å². The van der Waals surface area contributed by atoms with E-state index >= 15 is 0 Å². The van der Waals surface area contributed by atoms with Crippen LogP contribution in [0.25, 0.3) is 0 Å². The summed E-state index contributed by atoms with van der Waals surface area (Å²) >= 11 is 23.1. The Hall–Kier alpha value is 3.68. The monoisotopic (exact) mass is 1030 g/mol. The molecule has 0 saturated carbocycles. The minimum absolute atomic E-state index is 0.169. The van der Waals surface area contributed by atoms with E-state index in [0.717, 1.165) is 0 Å². The average Bonchev–Trinajstić information content (AvgIpc) is 3.08. The molecule has 0 fully saturated rings. The zero-order chi connectivity index (χ0) is 20.0. The summed E-state index contributed by atoms with van der Waals surface area (Å²) in [5, 5.41) is 7.44. The molecule has 0 amide bonds. The van der Waals surface area contributed by atoms with E-state index in [1.54, 1.807) is 24.0 Å². The van der Waals surface area contributed by atoms with Crippen LogP contribution < -0.4 is 0 Å². The fourth-order valence-corrected chi connectivity index (χ4v) is 1.33. The molecule has 0 aliphatic carbocycles. The topological polar surface area (TPSA) is 35.6 Å². The third kappa shape index (κ3) is 20.7. The third-order valence-corrected chi connectivity index (χ3v) is 2.36. The van der Waals surface area contributed by atoms with Gasteiger partial charge in [0.05, 0.1) is 5.69 Å². The second-order valence-corrected chi connectivity index (χ2v) is 51.9. The Morgan fingerprint density at radius 1 is 1.00 bits per heavy atom. The van der Waals surface area contributed by atoms with Crippen molar-refractivity contribution in [2.45, 2.75) is 11.3 Å². The molecule has 2 rings (SSSR count). The zero-order valence-corrected chi connectivity index (χ0v) is 27.6. The maximum absolute atomic E-state index is 11.7. The van der Waals surface area contributed by atoms with Crippen molar-refractivity contribution in [3.05, 3.63) is 35.9 Å². The van der Waals surface area contributed by atoms with Gasteiger partial charge in [0.25, 0.3) is 6.43 Å². The minimum atomic E-state index is -2.45. The Kier molecular flexibility index (Phi) is 24.2. The molecular weight excluding hydrogens is 1020 g/mol. The van der Waals surface area contributed by atoms with Crippen LogP contribution in [0.15, 0.2) is 24.5 Å². The van der Waals surface area contributed by atoms with Crippen molar-refractivity contribution >= 4 is 123 Å². The number of hydrogen-bond donors (Lipinski definition) is 0. The Balaban J connectivity index is 0. The number of hydrogen-bond acceptors (Lipinski definition) is 2. The quantitative estimate of drug-likeness (QED) is 0.229. The normalized spacial score (nSPS) is 9.68. The molecule has 0 aliphatic heterocycles. The van der Waals surface area contributed by atoms with E-state index in [1.807, 2.05) is 7.05 Å². The molecule has 0 radical (unpaired) electrons. The first-order valence-electron chi connectivity index (χ1n) is 5.80. The van der Waals surface area contributed by atoms with Gasteiger partial charge in [-0.2, -0.15) is 10.2 Å². The first-order chi connectivity index (χ1) is 11.5. The van der Waals surface area contributed by atoms with Crippen molar-refractivity contribution in [3.8, 4) is 0 Å². The van der Waals surface area contributed by atoms with E-state index in [-0.39, 0.29) is 10.6 Å². The molecule has 4 nitrogen and oxygen atoms in total. The van der Waals surface area contributed by atoms with Gasteiger partial charge in [-0.05, 0) is 12.1 Å². The second kappa shape index (κ2) is 19.6. The van der Waals surface area contributed by atoms with Crippen molar-refractivity contribution in [1.29, 1.82) is 0 Å². The molecule has 2 heterocycles. The predicted octanol–water partition coefficient (Wildman–Crippen LogP) is 7.68. The van der Waals surface area contributed by atoms with Gasteiger partial charge in [0.1, 0.15) is 5.69 Å². The third-order valence-electron chi connectivity index (χ3n) is 1.92. The van der Waals surface area contributed by atoms with E-state index < -0.39 is 11.3 Å². The zero-order valence-electron chi connectivity index (χ0n) is 12.5. The van der Waals surface area contributed by atoms with Crippen LogP contribution in [0, 0.1) is 0 Å². The van der Waals surface area contributed by atoms with Crippen LogP contribution in [0.1, 0.15) is 22.6 Å². The number of aromatic nitrogens is 4. The molecule has 145 valence electrons. The van der Waals surface area contributed by atoms with Crippen molar-refractivity contribution in [3.63, 3.8) is 0 Å². The van der Waals surface area contributed by atoms with E-state index in [2.05, 4.69) is 110 Å². The Morgan fingerprint density at radius 3 is 1.44 bits per heavy atom. The maximum atomic E-state index is 11.7. The number of alkyl halides is 4. The summed E-state index contributed by atoms with van der Waals surface area (Å²) < 4.78 is 26.4. The van der Waals surface area contributed by atoms with Crippen LogP contribution in [-0.4, -0.2) is 19.6 Å². The first kappa shape index (κ1) is 30.9. The van der Waals surface area contributed by atoms with E-state index in [9.17, 15) is 8.78 Å². The van der Waals surface area contributed by atoms with E-state index in [4.69, 9.17) is 23.2 Å². The van der Waals surface area contributed by atoms with Crippen LogP contribution >= 0.6 is 123 Å². The molecule has 2 aromatic heterocycles. The van der Waals surface area contributed by atoms with Crippen molar-refractivity contribution in [1.82, 2.24) is 19.6 Å². The van der Waals surface area contributed by atoms with Crippen molar-refractivity contribution in [2.24, 2.45) is 14.1 Å². The van der Waals surface area contributed by atoms with Crippen LogP contribution in [0.5, 0.6) is 0 Å². The molecule has 0 aromatic carbocycles. The van der Waals surface area contributed by atoms with Crippen molar-refractivity contribution < 1.29 is 23.2 Å². The van der Waals surface area contributed by atoms with Gasteiger partial charge in [-0.1, -0.05) is 23.2 Å². The fourth-order valence-electron chi connectivity index (χ4n) is 1.10.